The molecule has 1 spiro atoms. The molecular weight excluding hydrogens is 124 g/mol. The summed E-state index contributed by atoms with van der Waals surface area (Å²) in [6.45, 7) is 1.81. The maximum Gasteiger partial charge on any atom is 0.0592 e. The van der Waals surface area contributed by atoms with Gasteiger partial charge >= 0.3 is 0 Å². The first-order valence-corrected chi connectivity index (χ1v) is 3.84. The highest BCUT2D eigenvalue weighted by molar-refractivity contribution is 5.18. The van der Waals surface area contributed by atoms with Crippen LogP contribution in [0.2, 0.25) is 0 Å². The van der Waals surface area contributed by atoms with Gasteiger partial charge in [-0.25, -0.2) is 0 Å². The zero-order chi connectivity index (χ0) is 6.86. The average molecular weight is 136 g/mol. The van der Waals surface area contributed by atoms with E-state index in [2.05, 4.69) is 24.3 Å². The molecule has 0 unspecified atom stereocenters. The third kappa shape index (κ3) is 0.907. The first-order chi connectivity index (χ1) is 4.91. The Morgan fingerprint density at radius 1 is 1.20 bits per heavy atom. The molecule has 10 heavy (non-hydrogen) atoms. The quantitative estimate of drug-likeness (QED) is 0.462. The minimum Gasteiger partial charge on any atom is -0.380 e. The maximum atomic E-state index is 5.34. The zero-order valence-corrected chi connectivity index (χ0v) is 6.05. The van der Waals surface area contributed by atoms with Crippen molar-refractivity contribution in [3.8, 4) is 0 Å². The van der Waals surface area contributed by atoms with E-state index in [-0.39, 0.29) is 5.41 Å². The summed E-state index contributed by atoms with van der Waals surface area (Å²) in [5.41, 5.74) is 0.290. The molecule has 1 heterocycles. The smallest absolute Gasteiger partial charge is 0.0592 e. The summed E-state index contributed by atoms with van der Waals surface area (Å²) in [4.78, 5) is 0. The summed E-state index contributed by atoms with van der Waals surface area (Å²) < 4.78 is 5.34. The lowest BCUT2D eigenvalue weighted by molar-refractivity contribution is 0.180. The van der Waals surface area contributed by atoms with Crippen molar-refractivity contribution >= 4 is 0 Å². The van der Waals surface area contributed by atoms with Crippen LogP contribution in [0.4, 0.5) is 0 Å². The molecule has 2 rings (SSSR count). The van der Waals surface area contributed by atoms with Crippen LogP contribution >= 0.6 is 0 Å². The Labute approximate surface area is 61.4 Å². The van der Waals surface area contributed by atoms with Crippen LogP contribution in [-0.4, -0.2) is 13.2 Å². The van der Waals surface area contributed by atoms with Crippen molar-refractivity contribution in [2.75, 3.05) is 13.2 Å². The maximum absolute atomic E-state index is 5.34. The molecule has 1 nitrogen and oxygen atoms in total. The summed E-state index contributed by atoms with van der Waals surface area (Å²) in [6.07, 6.45) is 11.3. The van der Waals surface area contributed by atoms with Crippen molar-refractivity contribution in [2.24, 2.45) is 5.41 Å². The van der Waals surface area contributed by atoms with E-state index < -0.39 is 0 Å². The fourth-order valence-electron chi connectivity index (χ4n) is 1.60. The van der Waals surface area contributed by atoms with Crippen LogP contribution in [0.5, 0.6) is 0 Å². The Kier molecular flexibility index (Phi) is 1.38. The van der Waals surface area contributed by atoms with Gasteiger partial charge in [-0.2, -0.15) is 0 Å². The summed E-state index contributed by atoms with van der Waals surface area (Å²) in [5, 5.41) is 0. The van der Waals surface area contributed by atoms with Gasteiger partial charge in [0, 0.05) is 12.0 Å². The van der Waals surface area contributed by atoms with E-state index in [0.717, 1.165) is 19.6 Å². The largest absolute Gasteiger partial charge is 0.380 e. The highest BCUT2D eigenvalue weighted by Gasteiger charge is 2.29. The second-order valence-electron chi connectivity index (χ2n) is 3.08. The molecule has 1 aliphatic heterocycles. The SMILES string of the molecule is C1=CC2(C=CC1)CCOC2. The van der Waals surface area contributed by atoms with E-state index in [4.69, 9.17) is 4.74 Å². The predicted octanol–water partition coefficient (Wildman–Crippen LogP) is 1.91. The van der Waals surface area contributed by atoms with Gasteiger partial charge in [0.05, 0.1) is 6.61 Å². The average Bonchev–Trinajstić information content (AvgIpc) is 2.39. The third-order valence-corrected chi connectivity index (χ3v) is 2.25. The molecule has 0 atom stereocenters. The molecule has 1 aliphatic carbocycles. The Balaban J connectivity index is 2.19. The van der Waals surface area contributed by atoms with E-state index >= 15 is 0 Å². The highest BCUT2D eigenvalue weighted by Crippen LogP contribution is 2.33. The van der Waals surface area contributed by atoms with Crippen molar-refractivity contribution in [3.05, 3.63) is 24.3 Å². The van der Waals surface area contributed by atoms with Crippen molar-refractivity contribution in [2.45, 2.75) is 12.8 Å². The fraction of sp³-hybridized carbons (Fsp3) is 0.556. The van der Waals surface area contributed by atoms with Gasteiger partial charge in [-0.1, -0.05) is 24.3 Å². The van der Waals surface area contributed by atoms with E-state index in [9.17, 15) is 0 Å². The Bertz CT molecular complexity index is 159. The van der Waals surface area contributed by atoms with Crippen LogP contribution in [0, 0.1) is 5.41 Å². The minimum absolute atomic E-state index is 0.290. The molecular formula is C9H12O. The van der Waals surface area contributed by atoms with E-state index in [0.29, 0.717) is 0 Å². The van der Waals surface area contributed by atoms with Gasteiger partial charge < -0.3 is 4.74 Å². The molecule has 54 valence electrons. The molecule has 0 radical (unpaired) electrons. The number of hydrogen-bond acceptors (Lipinski definition) is 1. The van der Waals surface area contributed by atoms with Crippen LogP contribution in [-0.2, 0) is 4.74 Å². The third-order valence-electron chi connectivity index (χ3n) is 2.25. The van der Waals surface area contributed by atoms with Gasteiger partial charge in [0.1, 0.15) is 0 Å². The lowest BCUT2D eigenvalue weighted by Crippen LogP contribution is -2.15. The van der Waals surface area contributed by atoms with Gasteiger partial charge in [0.25, 0.3) is 0 Å². The molecule has 0 aromatic carbocycles. The van der Waals surface area contributed by atoms with Crippen LogP contribution < -0.4 is 0 Å². The Hall–Kier alpha value is -0.560. The van der Waals surface area contributed by atoms with Gasteiger partial charge in [-0.3, -0.25) is 0 Å². The molecule has 0 amide bonds. The van der Waals surface area contributed by atoms with Crippen LogP contribution in [0.25, 0.3) is 0 Å². The monoisotopic (exact) mass is 136 g/mol. The summed E-state index contributed by atoms with van der Waals surface area (Å²) >= 11 is 0. The van der Waals surface area contributed by atoms with Crippen LogP contribution in [0.3, 0.4) is 0 Å². The van der Waals surface area contributed by atoms with E-state index in [1.807, 2.05) is 0 Å². The standard InChI is InChI=1S/C9H12O/c1-2-4-9(5-3-1)6-7-10-8-9/h2-5H,1,6-8H2. The zero-order valence-electron chi connectivity index (χ0n) is 6.05. The molecule has 2 aliphatic rings. The molecule has 0 bridgehead atoms. The molecule has 0 aromatic heterocycles. The van der Waals surface area contributed by atoms with Gasteiger partial charge in [-0.05, 0) is 12.8 Å². The lowest BCUT2D eigenvalue weighted by Gasteiger charge is -2.20. The number of hydrogen-bond donors (Lipinski definition) is 0. The summed E-state index contributed by atoms with van der Waals surface area (Å²) in [7, 11) is 0. The number of ether oxygens (including phenoxy) is 1. The topological polar surface area (TPSA) is 9.23 Å². The second kappa shape index (κ2) is 2.24. The number of rotatable bonds is 0. The molecule has 0 N–H and O–H groups in total. The van der Waals surface area contributed by atoms with Crippen LogP contribution in [0.1, 0.15) is 12.8 Å². The fourth-order valence-corrected chi connectivity index (χ4v) is 1.60. The van der Waals surface area contributed by atoms with E-state index in [1.54, 1.807) is 0 Å². The van der Waals surface area contributed by atoms with Crippen molar-refractivity contribution in [3.63, 3.8) is 0 Å². The van der Waals surface area contributed by atoms with Crippen molar-refractivity contribution in [1.82, 2.24) is 0 Å². The summed E-state index contributed by atoms with van der Waals surface area (Å²) in [6, 6.07) is 0. The number of allylic oxidation sites excluding steroid dienone is 2. The van der Waals surface area contributed by atoms with E-state index in [1.165, 1.54) is 6.42 Å². The highest BCUT2D eigenvalue weighted by atomic mass is 16.5. The summed E-state index contributed by atoms with van der Waals surface area (Å²) in [5.74, 6) is 0. The Morgan fingerprint density at radius 2 is 2.00 bits per heavy atom. The molecule has 0 aromatic rings. The van der Waals surface area contributed by atoms with Gasteiger partial charge in [0.2, 0.25) is 0 Å². The normalized spacial score (nSPS) is 28.0. The molecule has 1 fully saturated rings. The lowest BCUT2D eigenvalue weighted by atomic mass is 9.84. The van der Waals surface area contributed by atoms with Crippen LogP contribution in [0.15, 0.2) is 24.3 Å². The molecule has 0 saturated carbocycles. The van der Waals surface area contributed by atoms with Crippen molar-refractivity contribution in [1.29, 1.82) is 0 Å². The predicted molar refractivity (Wildman–Crippen MR) is 40.8 cm³/mol. The van der Waals surface area contributed by atoms with Crippen molar-refractivity contribution < 1.29 is 4.74 Å². The first kappa shape index (κ1) is 6.17. The van der Waals surface area contributed by atoms with Gasteiger partial charge in [0.15, 0.2) is 0 Å². The minimum atomic E-state index is 0.290. The molecule has 1 saturated heterocycles. The van der Waals surface area contributed by atoms with Gasteiger partial charge in [-0.15, -0.1) is 0 Å². The molecule has 1 heteroatoms. The second-order valence-corrected chi connectivity index (χ2v) is 3.08. The first-order valence-electron chi connectivity index (χ1n) is 3.84. The Morgan fingerprint density at radius 3 is 2.60 bits per heavy atom.